The van der Waals surface area contributed by atoms with Crippen LogP contribution >= 0.6 is 11.6 Å². The Morgan fingerprint density at radius 1 is 1.45 bits per heavy atom. The van der Waals surface area contributed by atoms with Crippen LogP contribution in [0.1, 0.15) is 28.8 Å². The van der Waals surface area contributed by atoms with Gasteiger partial charge in [-0.2, -0.15) is 0 Å². The van der Waals surface area contributed by atoms with E-state index in [1.165, 1.54) is 11.0 Å². The van der Waals surface area contributed by atoms with E-state index in [2.05, 4.69) is 0 Å². The summed E-state index contributed by atoms with van der Waals surface area (Å²) in [5, 5.41) is 9.08. The molecule has 0 saturated carbocycles. The van der Waals surface area contributed by atoms with Crippen LogP contribution in [0.25, 0.3) is 0 Å². The van der Waals surface area contributed by atoms with Crippen molar-refractivity contribution in [2.75, 3.05) is 13.1 Å². The molecule has 1 amide bonds. The SMILES string of the molecule is Cc1cc(C(=O)N2CCC[C@@H](C(=O)O)C2)c(Cl)cc1F. The van der Waals surface area contributed by atoms with E-state index in [4.69, 9.17) is 16.7 Å². The average molecular weight is 300 g/mol. The molecule has 1 saturated heterocycles. The predicted molar refractivity (Wildman–Crippen MR) is 72.4 cm³/mol. The molecule has 108 valence electrons. The van der Waals surface area contributed by atoms with E-state index < -0.39 is 17.7 Å². The number of piperidine rings is 1. The van der Waals surface area contributed by atoms with Crippen molar-refractivity contribution in [2.45, 2.75) is 19.8 Å². The summed E-state index contributed by atoms with van der Waals surface area (Å²) in [5.74, 6) is -2.26. The number of aryl methyl sites for hydroxylation is 1. The van der Waals surface area contributed by atoms with Gasteiger partial charge in [0.1, 0.15) is 5.82 Å². The molecule has 1 N–H and O–H groups in total. The predicted octanol–water partition coefficient (Wildman–Crippen LogP) is 2.72. The first kappa shape index (κ1) is 14.8. The number of likely N-dealkylation sites (tertiary alicyclic amines) is 1. The molecule has 0 radical (unpaired) electrons. The molecule has 1 aliphatic heterocycles. The number of hydrogen-bond acceptors (Lipinski definition) is 2. The number of carboxylic acids is 1. The number of benzene rings is 1. The summed E-state index contributed by atoms with van der Waals surface area (Å²) < 4.78 is 13.3. The average Bonchev–Trinajstić information content (AvgIpc) is 2.42. The summed E-state index contributed by atoms with van der Waals surface area (Å²) >= 11 is 5.91. The summed E-state index contributed by atoms with van der Waals surface area (Å²) in [6.07, 6.45) is 1.20. The van der Waals surface area contributed by atoms with Crippen molar-refractivity contribution in [2.24, 2.45) is 5.92 Å². The second-order valence-electron chi connectivity index (χ2n) is 5.01. The minimum Gasteiger partial charge on any atom is -0.481 e. The number of amides is 1. The molecule has 0 spiro atoms. The normalized spacial score (nSPS) is 18.9. The number of carbonyl (C=O) groups excluding carboxylic acids is 1. The van der Waals surface area contributed by atoms with E-state index in [1.807, 2.05) is 0 Å². The topological polar surface area (TPSA) is 57.6 Å². The number of carboxylic acid groups (broad SMARTS) is 1. The van der Waals surface area contributed by atoms with Crippen molar-refractivity contribution in [1.82, 2.24) is 4.90 Å². The van der Waals surface area contributed by atoms with Crippen LogP contribution in [0, 0.1) is 18.7 Å². The Balaban J connectivity index is 2.23. The van der Waals surface area contributed by atoms with Gasteiger partial charge in [0.15, 0.2) is 0 Å². The van der Waals surface area contributed by atoms with Gasteiger partial charge >= 0.3 is 5.97 Å². The van der Waals surface area contributed by atoms with Crippen molar-refractivity contribution in [3.05, 3.63) is 34.1 Å². The molecule has 1 atom stereocenters. The number of hydrogen-bond donors (Lipinski definition) is 1. The van der Waals surface area contributed by atoms with Crippen LogP contribution in [0.2, 0.25) is 5.02 Å². The summed E-state index contributed by atoms with van der Waals surface area (Å²) in [6, 6.07) is 2.52. The van der Waals surface area contributed by atoms with Gasteiger partial charge in [-0.3, -0.25) is 9.59 Å². The Hall–Kier alpha value is -1.62. The summed E-state index contributed by atoms with van der Waals surface area (Å²) in [4.78, 5) is 24.9. The molecule has 4 nitrogen and oxygen atoms in total. The minimum atomic E-state index is -0.899. The molecule has 0 bridgehead atoms. The third-order valence-electron chi connectivity index (χ3n) is 3.54. The number of aliphatic carboxylic acids is 1. The van der Waals surface area contributed by atoms with E-state index in [0.29, 0.717) is 24.9 Å². The third kappa shape index (κ3) is 2.93. The maximum Gasteiger partial charge on any atom is 0.308 e. The van der Waals surface area contributed by atoms with Crippen LogP contribution in [0.4, 0.5) is 4.39 Å². The van der Waals surface area contributed by atoms with E-state index in [0.717, 1.165) is 6.07 Å². The highest BCUT2D eigenvalue weighted by Crippen LogP contribution is 2.24. The lowest BCUT2D eigenvalue weighted by Crippen LogP contribution is -2.42. The molecule has 20 heavy (non-hydrogen) atoms. The molecule has 0 aliphatic carbocycles. The van der Waals surface area contributed by atoms with Crippen LogP contribution < -0.4 is 0 Å². The third-order valence-corrected chi connectivity index (χ3v) is 3.85. The molecule has 1 heterocycles. The Morgan fingerprint density at radius 3 is 2.80 bits per heavy atom. The second kappa shape index (κ2) is 5.79. The van der Waals surface area contributed by atoms with Crippen LogP contribution in [0.15, 0.2) is 12.1 Å². The number of carbonyl (C=O) groups is 2. The lowest BCUT2D eigenvalue weighted by molar-refractivity contribution is -0.143. The van der Waals surface area contributed by atoms with Gasteiger partial charge in [-0.05, 0) is 37.5 Å². The van der Waals surface area contributed by atoms with Gasteiger partial charge in [-0.1, -0.05) is 11.6 Å². The number of halogens is 2. The quantitative estimate of drug-likeness (QED) is 0.913. The minimum absolute atomic E-state index is 0.0514. The zero-order chi connectivity index (χ0) is 14.9. The first-order chi connectivity index (χ1) is 9.40. The largest absolute Gasteiger partial charge is 0.481 e. The van der Waals surface area contributed by atoms with Crippen molar-refractivity contribution in [1.29, 1.82) is 0 Å². The fourth-order valence-electron chi connectivity index (χ4n) is 2.35. The Morgan fingerprint density at radius 2 is 2.15 bits per heavy atom. The van der Waals surface area contributed by atoms with Crippen LogP contribution in [0.5, 0.6) is 0 Å². The van der Waals surface area contributed by atoms with Gasteiger partial charge in [0.25, 0.3) is 5.91 Å². The fourth-order valence-corrected chi connectivity index (χ4v) is 2.59. The molecular weight excluding hydrogens is 285 g/mol. The van der Waals surface area contributed by atoms with Gasteiger partial charge in [0, 0.05) is 13.1 Å². The smallest absolute Gasteiger partial charge is 0.308 e. The van der Waals surface area contributed by atoms with Gasteiger partial charge in [0.2, 0.25) is 0 Å². The van der Waals surface area contributed by atoms with Crippen molar-refractivity contribution >= 4 is 23.5 Å². The first-order valence-corrected chi connectivity index (χ1v) is 6.75. The monoisotopic (exact) mass is 299 g/mol. The summed E-state index contributed by atoms with van der Waals surface area (Å²) in [6.45, 7) is 2.22. The molecule has 2 rings (SSSR count). The highest BCUT2D eigenvalue weighted by Gasteiger charge is 2.29. The zero-order valence-electron chi connectivity index (χ0n) is 11.0. The van der Waals surface area contributed by atoms with E-state index >= 15 is 0 Å². The molecular formula is C14H15ClFNO3. The Kier molecular flexibility index (Phi) is 4.28. The lowest BCUT2D eigenvalue weighted by Gasteiger charge is -2.31. The Bertz CT molecular complexity index is 562. The van der Waals surface area contributed by atoms with Crippen LogP contribution in [-0.4, -0.2) is 35.0 Å². The van der Waals surface area contributed by atoms with Crippen LogP contribution in [-0.2, 0) is 4.79 Å². The van der Waals surface area contributed by atoms with E-state index in [9.17, 15) is 14.0 Å². The Labute approximate surface area is 121 Å². The van der Waals surface area contributed by atoms with E-state index in [-0.39, 0.29) is 23.0 Å². The van der Waals surface area contributed by atoms with Gasteiger partial charge in [-0.25, -0.2) is 4.39 Å². The summed E-state index contributed by atoms with van der Waals surface area (Å²) in [5.41, 5.74) is 0.557. The van der Waals surface area contributed by atoms with Crippen molar-refractivity contribution in [3.8, 4) is 0 Å². The standard InChI is InChI=1S/C14H15ClFNO3/c1-8-5-10(11(15)6-12(8)16)13(18)17-4-2-3-9(7-17)14(19)20/h5-6,9H,2-4,7H2,1H3,(H,19,20)/t9-/m1/s1. The second-order valence-corrected chi connectivity index (χ2v) is 5.42. The highest BCUT2D eigenvalue weighted by atomic mass is 35.5. The molecule has 1 aliphatic rings. The molecule has 1 fully saturated rings. The number of rotatable bonds is 2. The van der Waals surface area contributed by atoms with E-state index in [1.54, 1.807) is 6.92 Å². The van der Waals surface area contributed by atoms with Gasteiger partial charge < -0.3 is 10.0 Å². The zero-order valence-corrected chi connectivity index (χ0v) is 11.8. The lowest BCUT2D eigenvalue weighted by atomic mass is 9.97. The molecule has 1 aromatic carbocycles. The van der Waals surface area contributed by atoms with Crippen molar-refractivity contribution < 1.29 is 19.1 Å². The molecule has 0 aromatic heterocycles. The van der Waals surface area contributed by atoms with Crippen LogP contribution in [0.3, 0.4) is 0 Å². The maximum absolute atomic E-state index is 13.3. The fraction of sp³-hybridized carbons (Fsp3) is 0.429. The van der Waals surface area contributed by atoms with Gasteiger partial charge in [-0.15, -0.1) is 0 Å². The maximum atomic E-state index is 13.3. The summed E-state index contributed by atoms with van der Waals surface area (Å²) in [7, 11) is 0. The first-order valence-electron chi connectivity index (χ1n) is 6.38. The number of nitrogens with zero attached hydrogens (tertiary/aromatic N) is 1. The molecule has 0 unspecified atom stereocenters. The molecule has 1 aromatic rings. The van der Waals surface area contributed by atoms with Crippen molar-refractivity contribution in [3.63, 3.8) is 0 Å². The highest BCUT2D eigenvalue weighted by molar-refractivity contribution is 6.33. The molecule has 6 heteroatoms. The van der Waals surface area contributed by atoms with Gasteiger partial charge in [0.05, 0.1) is 16.5 Å².